The van der Waals surface area contributed by atoms with Crippen molar-refractivity contribution in [3.05, 3.63) is 0 Å². The van der Waals surface area contributed by atoms with Crippen LogP contribution in [0.25, 0.3) is 0 Å². The van der Waals surface area contributed by atoms with Crippen LogP contribution in [0, 0.1) is 5.41 Å². The average Bonchev–Trinajstić information content (AvgIpc) is 2.30. The van der Waals surface area contributed by atoms with Crippen LogP contribution >= 0.6 is 0 Å². The fourth-order valence-corrected chi connectivity index (χ4v) is 2.29. The Morgan fingerprint density at radius 1 is 0.941 bits per heavy atom. The lowest BCUT2D eigenvalue weighted by atomic mass is 9.80. The molecule has 17 heavy (non-hydrogen) atoms. The maximum atomic E-state index is 5.72. The van der Waals surface area contributed by atoms with Gasteiger partial charge in [0, 0.05) is 18.6 Å². The minimum Gasteiger partial charge on any atom is -0.381 e. The van der Waals surface area contributed by atoms with Crippen molar-refractivity contribution in [3.8, 4) is 0 Å². The molecular weight excluding hydrogens is 212 g/mol. The Labute approximate surface area is 107 Å². The summed E-state index contributed by atoms with van der Waals surface area (Å²) in [7, 11) is 0. The first-order valence-corrected chi connectivity index (χ1v) is 7.48. The van der Waals surface area contributed by atoms with E-state index in [1.165, 1.54) is 51.4 Å². The predicted molar refractivity (Wildman–Crippen MR) is 72.4 cm³/mol. The molecule has 0 aromatic rings. The molecule has 1 saturated heterocycles. The summed E-state index contributed by atoms with van der Waals surface area (Å²) in [6.45, 7) is 8.29. The molecule has 1 rings (SSSR count). The van der Waals surface area contributed by atoms with E-state index in [0.717, 1.165) is 26.4 Å². The molecule has 0 spiro atoms. The van der Waals surface area contributed by atoms with Crippen molar-refractivity contribution in [1.82, 2.24) is 0 Å². The molecule has 0 aromatic carbocycles. The summed E-state index contributed by atoms with van der Waals surface area (Å²) in [5.41, 5.74) is 0.459. The van der Waals surface area contributed by atoms with Crippen LogP contribution in [0.2, 0.25) is 0 Å². The Morgan fingerprint density at radius 3 is 2.24 bits per heavy atom. The first kappa shape index (κ1) is 15.0. The summed E-state index contributed by atoms with van der Waals surface area (Å²) in [6, 6.07) is 0. The van der Waals surface area contributed by atoms with E-state index in [1.807, 2.05) is 0 Å². The molecule has 0 amide bonds. The molecule has 1 heterocycles. The maximum absolute atomic E-state index is 5.72. The molecule has 0 radical (unpaired) electrons. The normalized spacial score (nSPS) is 18.0. The maximum Gasteiger partial charge on any atom is 0.0545 e. The second-order valence-electron chi connectivity index (χ2n) is 5.48. The topological polar surface area (TPSA) is 18.5 Å². The van der Waals surface area contributed by atoms with E-state index in [2.05, 4.69) is 13.8 Å². The summed E-state index contributed by atoms with van der Waals surface area (Å²) in [5, 5.41) is 0. The third-order valence-electron chi connectivity index (χ3n) is 3.99. The molecule has 0 bridgehead atoms. The van der Waals surface area contributed by atoms with E-state index in [0.29, 0.717) is 5.41 Å². The van der Waals surface area contributed by atoms with Gasteiger partial charge in [-0.1, -0.05) is 46.0 Å². The van der Waals surface area contributed by atoms with Crippen LogP contribution in [0.15, 0.2) is 0 Å². The van der Waals surface area contributed by atoms with Crippen LogP contribution in [-0.4, -0.2) is 26.4 Å². The summed E-state index contributed by atoms with van der Waals surface area (Å²) >= 11 is 0. The zero-order valence-corrected chi connectivity index (χ0v) is 11.8. The van der Waals surface area contributed by atoms with Crippen LogP contribution in [0.5, 0.6) is 0 Å². The largest absolute Gasteiger partial charge is 0.381 e. The smallest absolute Gasteiger partial charge is 0.0545 e. The van der Waals surface area contributed by atoms with Crippen LogP contribution in [0.3, 0.4) is 0 Å². The Hall–Kier alpha value is -0.0800. The van der Waals surface area contributed by atoms with Crippen molar-refractivity contribution >= 4 is 0 Å². The first-order chi connectivity index (χ1) is 8.33. The highest BCUT2D eigenvalue weighted by Gasteiger charge is 2.35. The van der Waals surface area contributed by atoms with E-state index in [-0.39, 0.29) is 0 Å². The molecule has 0 aromatic heterocycles. The predicted octanol–water partition coefficient (Wildman–Crippen LogP) is 4.18. The van der Waals surface area contributed by atoms with Gasteiger partial charge in [-0.3, -0.25) is 0 Å². The molecule has 2 nitrogen and oxygen atoms in total. The van der Waals surface area contributed by atoms with Crippen LogP contribution in [-0.2, 0) is 9.47 Å². The van der Waals surface area contributed by atoms with E-state index in [1.54, 1.807) is 0 Å². The van der Waals surface area contributed by atoms with Gasteiger partial charge in [0.15, 0.2) is 0 Å². The van der Waals surface area contributed by atoms with Crippen LogP contribution in [0.1, 0.15) is 65.2 Å². The minimum absolute atomic E-state index is 0.459. The standard InChI is InChI=1S/C15H30O2/c1-3-5-6-7-8-9-11-16-12-10-15(4-2)13-17-14-15/h3-14H2,1-2H3. The van der Waals surface area contributed by atoms with Gasteiger partial charge in [-0.25, -0.2) is 0 Å². The van der Waals surface area contributed by atoms with Crippen molar-refractivity contribution < 1.29 is 9.47 Å². The zero-order valence-electron chi connectivity index (χ0n) is 11.8. The Balaban J connectivity index is 1.81. The van der Waals surface area contributed by atoms with Crippen molar-refractivity contribution in [2.24, 2.45) is 5.41 Å². The van der Waals surface area contributed by atoms with Gasteiger partial charge in [0.25, 0.3) is 0 Å². The van der Waals surface area contributed by atoms with E-state index in [9.17, 15) is 0 Å². The number of hydrogen-bond donors (Lipinski definition) is 0. The number of rotatable bonds is 11. The molecule has 1 aliphatic heterocycles. The zero-order chi connectivity index (χ0) is 12.4. The van der Waals surface area contributed by atoms with Crippen molar-refractivity contribution in [2.45, 2.75) is 65.2 Å². The number of ether oxygens (including phenoxy) is 2. The minimum atomic E-state index is 0.459. The van der Waals surface area contributed by atoms with E-state index in [4.69, 9.17) is 9.47 Å². The molecule has 2 heteroatoms. The Morgan fingerprint density at radius 2 is 1.65 bits per heavy atom. The third kappa shape index (κ3) is 5.87. The van der Waals surface area contributed by atoms with Gasteiger partial charge in [-0.15, -0.1) is 0 Å². The second kappa shape index (κ2) is 8.93. The number of hydrogen-bond acceptors (Lipinski definition) is 2. The lowest BCUT2D eigenvalue weighted by Gasteiger charge is -2.40. The van der Waals surface area contributed by atoms with Gasteiger partial charge in [-0.2, -0.15) is 0 Å². The Kier molecular flexibility index (Phi) is 7.87. The van der Waals surface area contributed by atoms with Gasteiger partial charge in [0.2, 0.25) is 0 Å². The molecular formula is C15H30O2. The lowest BCUT2D eigenvalue weighted by molar-refractivity contribution is -0.127. The fourth-order valence-electron chi connectivity index (χ4n) is 2.29. The summed E-state index contributed by atoms with van der Waals surface area (Å²) in [4.78, 5) is 0. The molecule has 0 aliphatic carbocycles. The molecule has 0 saturated carbocycles. The molecule has 1 aliphatic rings. The van der Waals surface area contributed by atoms with E-state index >= 15 is 0 Å². The number of unbranched alkanes of at least 4 members (excludes halogenated alkanes) is 5. The van der Waals surface area contributed by atoms with Crippen molar-refractivity contribution in [3.63, 3.8) is 0 Å². The van der Waals surface area contributed by atoms with Crippen LogP contribution in [0.4, 0.5) is 0 Å². The Bertz CT molecular complexity index is 170. The van der Waals surface area contributed by atoms with E-state index < -0.39 is 0 Å². The van der Waals surface area contributed by atoms with Gasteiger partial charge in [0.05, 0.1) is 13.2 Å². The summed E-state index contributed by atoms with van der Waals surface area (Å²) < 4.78 is 11.0. The van der Waals surface area contributed by atoms with Gasteiger partial charge in [-0.05, 0) is 19.3 Å². The molecule has 1 fully saturated rings. The van der Waals surface area contributed by atoms with Gasteiger partial charge in [0.1, 0.15) is 0 Å². The highest BCUT2D eigenvalue weighted by Crippen LogP contribution is 2.34. The third-order valence-corrected chi connectivity index (χ3v) is 3.99. The van der Waals surface area contributed by atoms with Crippen molar-refractivity contribution in [1.29, 1.82) is 0 Å². The summed E-state index contributed by atoms with van der Waals surface area (Å²) in [6.07, 6.45) is 10.5. The average molecular weight is 242 g/mol. The SMILES string of the molecule is CCCCCCCCOCCC1(CC)COC1. The molecule has 102 valence electrons. The molecule has 0 N–H and O–H groups in total. The first-order valence-electron chi connectivity index (χ1n) is 7.48. The van der Waals surface area contributed by atoms with Crippen LogP contribution < -0.4 is 0 Å². The highest BCUT2D eigenvalue weighted by atomic mass is 16.5. The molecule has 0 unspecified atom stereocenters. The summed E-state index contributed by atoms with van der Waals surface area (Å²) in [5.74, 6) is 0. The highest BCUT2D eigenvalue weighted by molar-refractivity contribution is 4.83. The quantitative estimate of drug-likeness (QED) is 0.506. The fraction of sp³-hybridized carbons (Fsp3) is 1.00. The van der Waals surface area contributed by atoms with Gasteiger partial charge < -0.3 is 9.47 Å². The monoisotopic (exact) mass is 242 g/mol. The van der Waals surface area contributed by atoms with Gasteiger partial charge >= 0.3 is 0 Å². The van der Waals surface area contributed by atoms with Crippen molar-refractivity contribution in [2.75, 3.05) is 26.4 Å². The molecule has 0 atom stereocenters. The second-order valence-corrected chi connectivity index (χ2v) is 5.48. The lowest BCUT2D eigenvalue weighted by Crippen LogP contribution is -2.42.